The van der Waals surface area contributed by atoms with Crippen molar-refractivity contribution < 1.29 is 13.2 Å². The number of nitrogens with one attached hydrogen (secondary N) is 1. The Morgan fingerprint density at radius 1 is 1.18 bits per heavy atom. The molecule has 0 saturated carbocycles. The molecule has 2 aromatic heterocycles. The lowest BCUT2D eigenvalue weighted by Crippen LogP contribution is -2.20. The van der Waals surface area contributed by atoms with Crippen molar-refractivity contribution in [2.75, 3.05) is 18.9 Å². The number of hydrogen-bond acceptors (Lipinski definition) is 5. The standard InChI is InChI=1S/C24H23N5O3S2/c1-28-12-6-11-22(28)27-34(31,32)20-10-5-9-18(13-20)25-23(30)14-19-16-33-24-26-21(15-29(19)24)17-7-3-2-4-8-17/h2-5,7-10,13,15-16H,6,11-12,14H2,1H3,(H,25,30)/b27-22+. The van der Waals surface area contributed by atoms with Gasteiger partial charge in [-0.25, -0.2) is 4.98 Å². The number of amidine groups is 1. The highest BCUT2D eigenvalue weighted by Gasteiger charge is 2.21. The monoisotopic (exact) mass is 493 g/mol. The number of sulfonamides is 1. The Bertz CT molecular complexity index is 1490. The van der Waals surface area contributed by atoms with E-state index in [-0.39, 0.29) is 17.2 Å². The molecule has 174 valence electrons. The largest absolute Gasteiger partial charge is 0.362 e. The molecule has 0 spiro atoms. The maximum atomic E-state index is 12.8. The zero-order chi connectivity index (χ0) is 23.7. The van der Waals surface area contributed by atoms with Crippen molar-refractivity contribution in [1.29, 1.82) is 0 Å². The number of anilines is 1. The van der Waals surface area contributed by atoms with Gasteiger partial charge in [-0.2, -0.15) is 8.42 Å². The van der Waals surface area contributed by atoms with Gasteiger partial charge in [-0.3, -0.25) is 9.20 Å². The van der Waals surface area contributed by atoms with Gasteiger partial charge in [-0.1, -0.05) is 36.4 Å². The molecular formula is C24H23N5O3S2. The van der Waals surface area contributed by atoms with Crippen LogP contribution in [0.15, 0.2) is 75.5 Å². The number of thiazole rings is 1. The van der Waals surface area contributed by atoms with Gasteiger partial charge >= 0.3 is 0 Å². The molecule has 10 heteroatoms. The number of fused-ring (bicyclic) bond motifs is 1. The molecule has 0 aliphatic carbocycles. The minimum atomic E-state index is -3.85. The molecule has 1 aliphatic heterocycles. The number of imidazole rings is 1. The molecule has 8 nitrogen and oxygen atoms in total. The number of aromatic nitrogens is 2. The summed E-state index contributed by atoms with van der Waals surface area (Å²) in [5.41, 5.74) is 3.08. The number of hydrogen-bond donors (Lipinski definition) is 1. The smallest absolute Gasteiger partial charge is 0.284 e. The zero-order valence-corrected chi connectivity index (χ0v) is 20.1. The number of amides is 1. The zero-order valence-electron chi connectivity index (χ0n) is 18.5. The van der Waals surface area contributed by atoms with Gasteiger partial charge in [0.15, 0.2) is 4.96 Å². The van der Waals surface area contributed by atoms with E-state index in [0.29, 0.717) is 17.9 Å². The molecule has 1 N–H and O–H groups in total. The summed E-state index contributed by atoms with van der Waals surface area (Å²) in [7, 11) is -2.02. The predicted octanol–water partition coefficient (Wildman–Crippen LogP) is 4.06. The molecule has 4 aromatic rings. The van der Waals surface area contributed by atoms with Crippen LogP contribution in [0.5, 0.6) is 0 Å². The van der Waals surface area contributed by atoms with Crippen LogP contribution in [0.4, 0.5) is 5.69 Å². The number of rotatable bonds is 6. The van der Waals surface area contributed by atoms with Gasteiger partial charge in [0, 0.05) is 48.5 Å². The minimum Gasteiger partial charge on any atom is -0.362 e. The van der Waals surface area contributed by atoms with Crippen LogP contribution in [0.25, 0.3) is 16.2 Å². The molecule has 0 bridgehead atoms. The highest BCUT2D eigenvalue weighted by atomic mass is 32.2. The Morgan fingerprint density at radius 2 is 2.00 bits per heavy atom. The Morgan fingerprint density at radius 3 is 2.76 bits per heavy atom. The molecule has 0 radical (unpaired) electrons. The third-order valence-corrected chi connectivity index (χ3v) is 7.86. The third kappa shape index (κ3) is 4.59. The van der Waals surface area contributed by atoms with Gasteiger partial charge in [-0.05, 0) is 24.6 Å². The van der Waals surface area contributed by atoms with Crippen LogP contribution in [0, 0.1) is 0 Å². The van der Waals surface area contributed by atoms with E-state index in [1.54, 1.807) is 12.1 Å². The fourth-order valence-electron chi connectivity index (χ4n) is 3.91. The summed E-state index contributed by atoms with van der Waals surface area (Å²) in [4.78, 5) is 20.1. The maximum Gasteiger partial charge on any atom is 0.284 e. The van der Waals surface area contributed by atoms with Crippen molar-refractivity contribution in [3.63, 3.8) is 0 Å². The van der Waals surface area contributed by atoms with Gasteiger partial charge in [0.1, 0.15) is 5.84 Å². The average Bonchev–Trinajstić information content (AvgIpc) is 3.52. The first kappa shape index (κ1) is 22.3. The quantitative estimate of drug-likeness (QED) is 0.437. The molecule has 0 atom stereocenters. The predicted molar refractivity (Wildman–Crippen MR) is 134 cm³/mol. The van der Waals surface area contributed by atoms with Crippen molar-refractivity contribution in [3.05, 3.63) is 71.9 Å². The van der Waals surface area contributed by atoms with Crippen molar-refractivity contribution in [1.82, 2.24) is 14.3 Å². The van der Waals surface area contributed by atoms with Gasteiger partial charge in [-0.15, -0.1) is 15.7 Å². The van der Waals surface area contributed by atoms with E-state index in [1.807, 2.05) is 58.3 Å². The van der Waals surface area contributed by atoms with E-state index in [9.17, 15) is 13.2 Å². The highest BCUT2D eigenvalue weighted by Crippen LogP contribution is 2.24. The molecule has 1 amide bonds. The first-order valence-corrected chi connectivity index (χ1v) is 13.2. The summed E-state index contributed by atoms with van der Waals surface area (Å²) in [6.45, 7) is 0.796. The molecule has 2 aromatic carbocycles. The van der Waals surface area contributed by atoms with Gasteiger partial charge < -0.3 is 10.2 Å². The van der Waals surface area contributed by atoms with E-state index in [1.165, 1.54) is 23.5 Å². The topological polar surface area (TPSA) is 96.1 Å². The van der Waals surface area contributed by atoms with E-state index in [4.69, 9.17) is 0 Å². The highest BCUT2D eigenvalue weighted by molar-refractivity contribution is 7.90. The Labute approximate surface area is 201 Å². The molecule has 34 heavy (non-hydrogen) atoms. The number of benzene rings is 2. The SMILES string of the molecule is CN1CCC/C1=N\S(=O)(=O)c1cccc(NC(=O)Cc2csc3nc(-c4ccccc4)cn23)c1. The molecular weight excluding hydrogens is 470 g/mol. The molecule has 1 aliphatic rings. The summed E-state index contributed by atoms with van der Waals surface area (Å²) in [5, 5.41) is 4.72. The van der Waals surface area contributed by atoms with Crippen LogP contribution >= 0.6 is 11.3 Å². The maximum absolute atomic E-state index is 12.8. The second-order valence-corrected chi connectivity index (χ2v) is 10.6. The first-order valence-electron chi connectivity index (χ1n) is 10.8. The van der Waals surface area contributed by atoms with Crippen LogP contribution in [-0.2, 0) is 21.2 Å². The Hall–Kier alpha value is -3.50. The summed E-state index contributed by atoms with van der Waals surface area (Å²) < 4.78 is 31.4. The second-order valence-electron chi connectivity index (χ2n) is 8.13. The van der Waals surface area contributed by atoms with E-state index >= 15 is 0 Å². The van der Waals surface area contributed by atoms with Crippen LogP contribution in [0.1, 0.15) is 18.5 Å². The fraction of sp³-hybridized carbons (Fsp3) is 0.208. The summed E-state index contributed by atoms with van der Waals surface area (Å²) in [6, 6.07) is 16.1. The van der Waals surface area contributed by atoms with E-state index in [2.05, 4.69) is 14.7 Å². The molecule has 5 rings (SSSR count). The first-order chi connectivity index (χ1) is 16.4. The van der Waals surface area contributed by atoms with Gasteiger partial charge in [0.2, 0.25) is 5.91 Å². The lowest BCUT2D eigenvalue weighted by atomic mass is 10.2. The van der Waals surface area contributed by atoms with Gasteiger partial charge in [0.05, 0.1) is 17.0 Å². The lowest BCUT2D eigenvalue weighted by molar-refractivity contribution is -0.115. The van der Waals surface area contributed by atoms with Crippen LogP contribution in [0.3, 0.4) is 0 Å². The van der Waals surface area contributed by atoms with Crippen molar-refractivity contribution >= 4 is 43.8 Å². The molecule has 1 fully saturated rings. The molecule has 3 heterocycles. The number of nitrogens with zero attached hydrogens (tertiary/aromatic N) is 4. The number of carbonyl (C=O) groups excluding carboxylic acids is 1. The minimum absolute atomic E-state index is 0.0538. The lowest BCUT2D eigenvalue weighted by Gasteiger charge is -2.11. The Kier molecular flexibility index (Phi) is 5.93. The normalized spacial score (nSPS) is 15.3. The third-order valence-electron chi connectivity index (χ3n) is 5.67. The summed E-state index contributed by atoms with van der Waals surface area (Å²) in [5.74, 6) is 0.317. The summed E-state index contributed by atoms with van der Waals surface area (Å²) in [6.07, 6.45) is 3.59. The van der Waals surface area contributed by atoms with Crippen molar-refractivity contribution in [2.45, 2.75) is 24.2 Å². The van der Waals surface area contributed by atoms with E-state index in [0.717, 1.165) is 34.9 Å². The van der Waals surface area contributed by atoms with Crippen molar-refractivity contribution in [2.24, 2.45) is 4.40 Å². The van der Waals surface area contributed by atoms with Gasteiger partial charge in [0.25, 0.3) is 10.0 Å². The van der Waals surface area contributed by atoms with E-state index < -0.39 is 10.0 Å². The van der Waals surface area contributed by atoms with Crippen LogP contribution < -0.4 is 5.32 Å². The van der Waals surface area contributed by atoms with Crippen molar-refractivity contribution in [3.8, 4) is 11.3 Å². The average molecular weight is 494 g/mol. The number of likely N-dealkylation sites (tertiary alicyclic amines) is 1. The van der Waals surface area contributed by atoms with Crippen LogP contribution in [-0.4, -0.2) is 48.0 Å². The fourth-order valence-corrected chi connectivity index (χ4v) is 5.92. The second kappa shape index (κ2) is 9.03. The molecule has 1 saturated heterocycles. The molecule has 0 unspecified atom stereocenters. The summed E-state index contributed by atoms with van der Waals surface area (Å²) >= 11 is 1.47. The van der Waals surface area contributed by atoms with Crippen LogP contribution in [0.2, 0.25) is 0 Å². The Balaban J connectivity index is 1.32. The number of carbonyl (C=O) groups is 1.